The minimum Gasteiger partial charge on any atom is -0.383 e. The number of amides is 4. The van der Waals surface area contributed by atoms with Crippen LogP contribution in [-0.4, -0.2) is 57.2 Å². The van der Waals surface area contributed by atoms with Crippen molar-refractivity contribution in [3.63, 3.8) is 0 Å². The Morgan fingerprint density at radius 1 is 1.25 bits per heavy atom. The van der Waals surface area contributed by atoms with E-state index in [1.807, 2.05) is 0 Å². The van der Waals surface area contributed by atoms with Gasteiger partial charge in [0.05, 0.1) is 12.3 Å². The second kappa shape index (κ2) is 11.5. The summed E-state index contributed by atoms with van der Waals surface area (Å²) < 4.78 is 31.7. The van der Waals surface area contributed by atoms with E-state index in [-0.39, 0.29) is 36.8 Å². The molecule has 28 heavy (non-hydrogen) atoms. The molecule has 1 aromatic rings. The van der Waals surface area contributed by atoms with Crippen LogP contribution in [0.3, 0.4) is 0 Å². The van der Waals surface area contributed by atoms with Crippen LogP contribution in [-0.2, 0) is 14.3 Å². The van der Waals surface area contributed by atoms with Gasteiger partial charge in [-0.3, -0.25) is 9.59 Å². The normalized spacial score (nSPS) is 16.0. The van der Waals surface area contributed by atoms with E-state index in [2.05, 4.69) is 16.0 Å². The fraction of sp³-hybridized carbons (Fsp3) is 0.471. The smallest absolute Gasteiger partial charge is 0.329 e. The fourth-order valence-electron chi connectivity index (χ4n) is 2.57. The third-order valence-electron chi connectivity index (χ3n) is 3.94. The SMILES string of the molecule is COCCNCCNC(=O)CCC1NC(=O)N(c2ccc(F)cc2F)C1=O.Cl. The highest BCUT2D eigenvalue weighted by Gasteiger charge is 2.40. The van der Waals surface area contributed by atoms with E-state index in [4.69, 9.17) is 4.74 Å². The van der Waals surface area contributed by atoms with E-state index in [0.717, 1.165) is 12.1 Å². The standard InChI is InChI=1S/C17H22F2N4O4.ClH/c1-27-9-8-20-6-7-21-15(24)5-3-13-16(25)23(17(26)22-13)14-4-2-11(18)10-12(14)19;/h2,4,10,13,20H,3,5-9H2,1H3,(H,21,24)(H,22,26);1H. The zero-order valence-corrected chi connectivity index (χ0v) is 16.1. The Balaban J connectivity index is 0.00000392. The van der Waals surface area contributed by atoms with Crippen LogP contribution in [0.15, 0.2) is 18.2 Å². The molecule has 1 aliphatic heterocycles. The number of urea groups is 1. The zero-order valence-electron chi connectivity index (χ0n) is 15.3. The van der Waals surface area contributed by atoms with Crippen molar-refractivity contribution in [1.29, 1.82) is 0 Å². The summed E-state index contributed by atoms with van der Waals surface area (Å²) in [6.45, 7) is 2.24. The molecule has 1 aliphatic rings. The molecule has 0 radical (unpaired) electrons. The van der Waals surface area contributed by atoms with Crippen LogP contribution in [0.2, 0.25) is 0 Å². The minimum atomic E-state index is -1.02. The number of benzene rings is 1. The van der Waals surface area contributed by atoms with E-state index in [9.17, 15) is 23.2 Å². The van der Waals surface area contributed by atoms with Crippen LogP contribution in [0.5, 0.6) is 0 Å². The van der Waals surface area contributed by atoms with E-state index < -0.39 is 29.6 Å². The molecule has 0 saturated carbocycles. The molecule has 1 unspecified atom stereocenters. The molecule has 0 spiro atoms. The van der Waals surface area contributed by atoms with Gasteiger partial charge in [-0.1, -0.05) is 0 Å². The Labute approximate surface area is 167 Å². The first kappa shape index (κ1) is 23.7. The summed E-state index contributed by atoms with van der Waals surface area (Å²) in [6, 6.07) is 0.830. The Morgan fingerprint density at radius 2 is 2.00 bits per heavy atom. The van der Waals surface area contributed by atoms with Crippen LogP contribution in [0.1, 0.15) is 12.8 Å². The van der Waals surface area contributed by atoms with Gasteiger partial charge in [-0.05, 0) is 18.6 Å². The van der Waals surface area contributed by atoms with Crippen LogP contribution in [0.4, 0.5) is 19.3 Å². The van der Waals surface area contributed by atoms with Gasteiger partial charge in [0.2, 0.25) is 5.91 Å². The molecule has 0 aromatic heterocycles. The lowest BCUT2D eigenvalue weighted by Crippen LogP contribution is -2.35. The molecule has 3 N–H and O–H groups in total. The summed E-state index contributed by atoms with van der Waals surface area (Å²) in [5, 5.41) is 8.16. The molecule has 2 rings (SSSR count). The van der Waals surface area contributed by atoms with Crippen molar-refractivity contribution in [1.82, 2.24) is 16.0 Å². The number of halogens is 3. The second-order valence-electron chi connectivity index (χ2n) is 5.90. The number of methoxy groups -OCH3 is 1. The summed E-state index contributed by atoms with van der Waals surface area (Å²) in [7, 11) is 1.60. The topological polar surface area (TPSA) is 99.8 Å². The molecule has 156 valence electrons. The molecule has 4 amide bonds. The van der Waals surface area contributed by atoms with Gasteiger partial charge >= 0.3 is 6.03 Å². The molecule has 8 nitrogen and oxygen atoms in total. The largest absolute Gasteiger partial charge is 0.383 e. The Morgan fingerprint density at radius 3 is 2.68 bits per heavy atom. The number of anilines is 1. The molecule has 0 bridgehead atoms. The summed E-state index contributed by atoms with van der Waals surface area (Å²) in [4.78, 5) is 36.8. The van der Waals surface area contributed by atoms with Crippen LogP contribution in [0, 0.1) is 11.6 Å². The van der Waals surface area contributed by atoms with Crippen molar-refractivity contribution < 1.29 is 27.9 Å². The van der Waals surface area contributed by atoms with Gasteiger partial charge in [-0.2, -0.15) is 0 Å². The Hall–Kier alpha value is -2.30. The third-order valence-corrected chi connectivity index (χ3v) is 3.94. The lowest BCUT2D eigenvalue weighted by Gasteiger charge is -2.14. The van der Waals surface area contributed by atoms with E-state index >= 15 is 0 Å². The molecular formula is C17H23ClF2N4O4. The first-order chi connectivity index (χ1) is 12.9. The van der Waals surface area contributed by atoms with Crippen molar-refractivity contribution >= 4 is 35.9 Å². The molecule has 11 heteroatoms. The summed E-state index contributed by atoms with van der Waals surface area (Å²) in [5.41, 5.74) is -0.326. The third kappa shape index (κ3) is 6.39. The average Bonchev–Trinajstić information content (AvgIpc) is 2.90. The Bertz CT molecular complexity index is 708. The van der Waals surface area contributed by atoms with Crippen molar-refractivity contribution in [2.45, 2.75) is 18.9 Å². The predicted octanol–water partition coefficient (Wildman–Crippen LogP) is 0.944. The minimum absolute atomic E-state index is 0. The molecule has 1 heterocycles. The number of hydrogen-bond acceptors (Lipinski definition) is 5. The molecule has 1 fully saturated rings. The summed E-state index contributed by atoms with van der Waals surface area (Å²) in [6.07, 6.45) is 0.0985. The number of nitrogens with one attached hydrogen (secondary N) is 3. The first-order valence-electron chi connectivity index (χ1n) is 8.50. The van der Waals surface area contributed by atoms with E-state index in [1.54, 1.807) is 7.11 Å². The van der Waals surface area contributed by atoms with Crippen molar-refractivity contribution in [2.75, 3.05) is 38.3 Å². The fourth-order valence-corrected chi connectivity index (χ4v) is 2.57. The van der Waals surface area contributed by atoms with Gasteiger partial charge < -0.3 is 20.7 Å². The highest BCUT2D eigenvalue weighted by Crippen LogP contribution is 2.24. The molecular weight excluding hydrogens is 398 g/mol. The number of carbonyl (C=O) groups is 3. The van der Waals surface area contributed by atoms with E-state index in [0.29, 0.717) is 37.2 Å². The number of nitrogens with zero attached hydrogens (tertiary/aromatic N) is 1. The van der Waals surface area contributed by atoms with Crippen LogP contribution >= 0.6 is 12.4 Å². The number of carbonyl (C=O) groups excluding carboxylic acids is 3. The van der Waals surface area contributed by atoms with Gasteiger partial charge in [0.25, 0.3) is 5.91 Å². The maximum Gasteiger partial charge on any atom is 0.329 e. The maximum absolute atomic E-state index is 13.8. The lowest BCUT2D eigenvalue weighted by molar-refractivity contribution is -0.121. The summed E-state index contributed by atoms with van der Waals surface area (Å²) in [5.74, 6) is -2.78. The summed E-state index contributed by atoms with van der Waals surface area (Å²) >= 11 is 0. The average molecular weight is 421 g/mol. The van der Waals surface area contributed by atoms with Crippen LogP contribution in [0.25, 0.3) is 0 Å². The lowest BCUT2D eigenvalue weighted by atomic mass is 10.1. The van der Waals surface area contributed by atoms with Gasteiger partial charge in [0.1, 0.15) is 17.7 Å². The van der Waals surface area contributed by atoms with Crippen molar-refractivity contribution in [2.24, 2.45) is 0 Å². The maximum atomic E-state index is 13.8. The number of hydrogen-bond donors (Lipinski definition) is 3. The predicted molar refractivity (Wildman–Crippen MR) is 100 cm³/mol. The van der Waals surface area contributed by atoms with Gasteiger partial charge in [-0.15, -0.1) is 12.4 Å². The van der Waals surface area contributed by atoms with Crippen LogP contribution < -0.4 is 20.9 Å². The van der Waals surface area contributed by atoms with Crippen molar-refractivity contribution in [3.8, 4) is 0 Å². The number of rotatable bonds is 10. The highest BCUT2D eigenvalue weighted by molar-refractivity contribution is 6.21. The van der Waals surface area contributed by atoms with Gasteiger partial charge in [-0.25, -0.2) is 18.5 Å². The number of imide groups is 1. The molecule has 0 aliphatic carbocycles. The first-order valence-corrected chi connectivity index (χ1v) is 8.50. The quantitative estimate of drug-likeness (QED) is 0.386. The van der Waals surface area contributed by atoms with Gasteiger partial charge in [0, 0.05) is 39.2 Å². The molecule has 1 atom stereocenters. The monoisotopic (exact) mass is 420 g/mol. The molecule has 1 aromatic carbocycles. The molecule has 1 saturated heterocycles. The van der Waals surface area contributed by atoms with E-state index in [1.165, 1.54) is 0 Å². The Kier molecular flexibility index (Phi) is 9.77. The number of ether oxygens (including phenoxy) is 1. The zero-order chi connectivity index (χ0) is 19.8. The van der Waals surface area contributed by atoms with Gasteiger partial charge in [0.15, 0.2) is 0 Å². The van der Waals surface area contributed by atoms with Crippen molar-refractivity contribution in [3.05, 3.63) is 29.8 Å². The second-order valence-corrected chi connectivity index (χ2v) is 5.90. The highest BCUT2D eigenvalue weighted by atomic mass is 35.5.